The Morgan fingerprint density at radius 2 is 1.95 bits per heavy atom. The molecule has 5 nitrogen and oxygen atoms in total. The average molecular weight is 298 g/mol. The van der Waals surface area contributed by atoms with E-state index in [1.807, 2.05) is 0 Å². The first kappa shape index (κ1) is 18.0. The third-order valence-corrected chi connectivity index (χ3v) is 4.63. The van der Waals surface area contributed by atoms with Crippen molar-refractivity contribution >= 4 is 11.9 Å². The topological polar surface area (TPSA) is 92.4 Å². The number of amides is 1. The maximum Gasteiger partial charge on any atom is 0.303 e. The van der Waals surface area contributed by atoms with Gasteiger partial charge in [0.2, 0.25) is 5.91 Å². The van der Waals surface area contributed by atoms with Gasteiger partial charge < -0.3 is 16.2 Å². The van der Waals surface area contributed by atoms with Crippen molar-refractivity contribution in [3.05, 3.63) is 0 Å². The lowest BCUT2D eigenvalue weighted by Crippen LogP contribution is -2.39. The van der Waals surface area contributed by atoms with E-state index in [0.29, 0.717) is 13.0 Å². The molecule has 122 valence electrons. The van der Waals surface area contributed by atoms with Gasteiger partial charge in [0.05, 0.1) is 5.92 Å². The van der Waals surface area contributed by atoms with E-state index in [4.69, 9.17) is 10.8 Å². The smallest absolute Gasteiger partial charge is 0.303 e. The van der Waals surface area contributed by atoms with Gasteiger partial charge in [-0.05, 0) is 37.0 Å². The molecule has 1 rings (SSSR count). The van der Waals surface area contributed by atoms with E-state index in [1.54, 1.807) is 0 Å². The Labute approximate surface area is 127 Å². The monoisotopic (exact) mass is 298 g/mol. The summed E-state index contributed by atoms with van der Waals surface area (Å²) in [5.41, 5.74) is 5.98. The van der Waals surface area contributed by atoms with E-state index in [-0.39, 0.29) is 35.6 Å². The Kier molecular flexibility index (Phi) is 6.65. The van der Waals surface area contributed by atoms with E-state index in [1.165, 1.54) is 0 Å². The fourth-order valence-electron chi connectivity index (χ4n) is 3.12. The molecule has 1 aliphatic rings. The Morgan fingerprint density at radius 1 is 1.29 bits per heavy atom. The minimum Gasteiger partial charge on any atom is -0.481 e. The summed E-state index contributed by atoms with van der Waals surface area (Å²) in [5.74, 6) is -0.459. The zero-order valence-electron chi connectivity index (χ0n) is 13.5. The number of carboxylic acid groups (broad SMARTS) is 1. The molecular weight excluding hydrogens is 268 g/mol. The second-order valence-electron chi connectivity index (χ2n) is 7.28. The van der Waals surface area contributed by atoms with Crippen LogP contribution in [-0.4, -0.2) is 29.6 Å². The van der Waals surface area contributed by atoms with Gasteiger partial charge in [0, 0.05) is 19.0 Å². The fraction of sp³-hybridized carbons (Fsp3) is 0.875. The van der Waals surface area contributed by atoms with Crippen molar-refractivity contribution in [3.63, 3.8) is 0 Å². The predicted octanol–water partition coefficient (Wildman–Crippen LogP) is 2.15. The number of nitrogens with two attached hydrogens (primary N) is 1. The first-order valence-electron chi connectivity index (χ1n) is 7.97. The van der Waals surface area contributed by atoms with Crippen LogP contribution in [-0.2, 0) is 9.59 Å². The fourth-order valence-corrected chi connectivity index (χ4v) is 3.12. The molecule has 0 aromatic rings. The van der Waals surface area contributed by atoms with Crippen LogP contribution in [0.25, 0.3) is 0 Å². The van der Waals surface area contributed by atoms with Gasteiger partial charge in [0.1, 0.15) is 0 Å². The highest BCUT2D eigenvalue weighted by molar-refractivity contribution is 5.79. The molecule has 0 saturated heterocycles. The molecule has 3 atom stereocenters. The molecule has 1 fully saturated rings. The summed E-state index contributed by atoms with van der Waals surface area (Å²) in [5, 5.41) is 11.8. The number of hydrogen-bond acceptors (Lipinski definition) is 3. The van der Waals surface area contributed by atoms with E-state index in [2.05, 4.69) is 26.1 Å². The largest absolute Gasteiger partial charge is 0.481 e. The maximum atomic E-state index is 12.1. The minimum absolute atomic E-state index is 0.00424. The SMILES string of the molecule is CC(C)(C)C(CCNC(=O)C1CCCC1N)CCC(=O)O. The van der Waals surface area contributed by atoms with Gasteiger partial charge in [-0.3, -0.25) is 9.59 Å². The molecule has 0 aliphatic heterocycles. The highest BCUT2D eigenvalue weighted by Gasteiger charge is 2.30. The molecule has 0 aromatic heterocycles. The standard InChI is InChI=1S/C16H30N2O3/c1-16(2,3)11(7-8-14(19)20)9-10-18-15(21)12-5-4-6-13(12)17/h11-13H,4-10,17H2,1-3H3,(H,18,21)(H,19,20). The van der Waals surface area contributed by atoms with E-state index < -0.39 is 5.97 Å². The van der Waals surface area contributed by atoms with Gasteiger partial charge >= 0.3 is 5.97 Å². The Balaban J connectivity index is 2.38. The van der Waals surface area contributed by atoms with Crippen LogP contribution in [0.4, 0.5) is 0 Å². The zero-order chi connectivity index (χ0) is 16.0. The number of carbonyl (C=O) groups is 2. The van der Waals surface area contributed by atoms with Gasteiger partial charge in [0.25, 0.3) is 0 Å². The summed E-state index contributed by atoms with van der Waals surface area (Å²) in [4.78, 5) is 22.8. The second-order valence-corrected chi connectivity index (χ2v) is 7.28. The third-order valence-electron chi connectivity index (χ3n) is 4.63. The average Bonchev–Trinajstić information content (AvgIpc) is 2.77. The van der Waals surface area contributed by atoms with Crippen LogP contribution in [0, 0.1) is 17.3 Å². The van der Waals surface area contributed by atoms with Crippen molar-refractivity contribution in [1.29, 1.82) is 0 Å². The van der Waals surface area contributed by atoms with Crippen molar-refractivity contribution in [2.45, 2.75) is 65.3 Å². The summed E-state index contributed by atoms with van der Waals surface area (Å²) < 4.78 is 0. The van der Waals surface area contributed by atoms with Crippen LogP contribution in [0.1, 0.15) is 59.3 Å². The van der Waals surface area contributed by atoms with Crippen molar-refractivity contribution in [1.82, 2.24) is 5.32 Å². The molecule has 0 aromatic carbocycles. The molecule has 0 bridgehead atoms. The van der Waals surface area contributed by atoms with Crippen LogP contribution >= 0.6 is 0 Å². The second kappa shape index (κ2) is 7.78. The lowest BCUT2D eigenvalue weighted by Gasteiger charge is -2.30. The molecule has 1 amide bonds. The normalized spacial score (nSPS) is 23.8. The minimum atomic E-state index is -0.759. The third kappa shape index (κ3) is 6.04. The molecule has 21 heavy (non-hydrogen) atoms. The Hall–Kier alpha value is -1.10. The number of rotatable bonds is 7. The summed E-state index contributed by atoms with van der Waals surface area (Å²) in [6.07, 6.45) is 4.49. The summed E-state index contributed by atoms with van der Waals surface area (Å²) in [6.45, 7) is 6.96. The molecule has 4 N–H and O–H groups in total. The number of carbonyl (C=O) groups excluding carboxylic acids is 1. The lowest BCUT2D eigenvalue weighted by molar-refractivity contribution is -0.137. The van der Waals surface area contributed by atoms with Gasteiger partial charge in [-0.15, -0.1) is 0 Å². The van der Waals surface area contributed by atoms with Crippen molar-refractivity contribution in [3.8, 4) is 0 Å². The van der Waals surface area contributed by atoms with Crippen LogP contribution in [0.5, 0.6) is 0 Å². The summed E-state index contributed by atoms with van der Waals surface area (Å²) >= 11 is 0. The van der Waals surface area contributed by atoms with Crippen molar-refractivity contribution in [2.24, 2.45) is 23.0 Å². The molecule has 1 aliphatic carbocycles. The lowest BCUT2D eigenvalue weighted by atomic mass is 9.76. The van der Waals surface area contributed by atoms with Gasteiger partial charge in [-0.25, -0.2) is 0 Å². The number of nitrogens with one attached hydrogen (secondary N) is 1. The Bertz CT molecular complexity index is 363. The number of carboxylic acids is 1. The van der Waals surface area contributed by atoms with E-state index in [0.717, 1.165) is 25.7 Å². The number of hydrogen-bond donors (Lipinski definition) is 3. The first-order chi connectivity index (χ1) is 9.71. The van der Waals surface area contributed by atoms with E-state index >= 15 is 0 Å². The summed E-state index contributed by atoms with van der Waals surface area (Å²) in [7, 11) is 0. The van der Waals surface area contributed by atoms with Gasteiger partial charge in [-0.2, -0.15) is 0 Å². The van der Waals surface area contributed by atoms with Crippen LogP contribution < -0.4 is 11.1 Å². The zero-order valence-corrected chi connectivity index (χ0v) is 13.5. The van der Waals surface area contributed by atoms with E-state index in [9.17, 15) is 9.59 Å². The number of aliphatic carboxylic acids is 1. The first-order valence-corrected chi connectivity index (χ1v) is 7.97. The quantitative estimate of drug-likeness (QED) is 0.671. The van der Waals surface area contributed by atoms with Gasteiger partial charge in [-0.1, -0.05) is 27.2 Å². The van der Waals surface area contributed by atoms with Crippen LogP contribution in [0.3, 0.4) is 0 Å². The highest BCUT2D eigenvalue weighted by atomic mass is 16.4. The molecular formula is C16H30N2O3. The van der Waals surface area contributed by atoms with Crippen molar-refractivity contribution < 1.29 is 14.7 Å². The molecule has 0 radical (unpaired) electrons. The van der Waals surface area contributed by atoms with Crippen molar-refractivity contribution in [2.75, 3.05) is 6.54 Å². The summed E-state index contributed by atoms with van der Waals surface area (Å²) in [6, 6.07) is -0.00424. The highest BCUT2D eigenvalue weighted by Crippen LogP contribution is 2.32. The van der Waals surface area contributed by atoms with Gasteiger partial charge in [0.15, 0.2) is 0 Å². The molecule has 3 unspecified atom stereocenters. The molecule has 0 heterocycles. The molecule has 1 saturated carbocycles. The maximum absolute atomic E-state index is 12.1. The molecule has 5 heteroatoms. The Morgan fingerprint density at radius 3 is 2.43 bits per heavy atom. The molecule has 0 spiro atoms. The van der Waals surface area contributed by atoms with Crippen LogP contribution in [0.15, 0.2) is 0 Å². The van der Waals surface area contributed by atoms with Crippen LogP contribution in [0.2, 0.25) is 0 Å². The predicted molar refractivity (Wildman–Crippen MR) is 82.8 cm³/mol.